The number of nitrogens with zero attached hydrogens (tertiary/aromatic N) is 3. The van der Waals surface area contributed by atoms with Crippen LogP contribution in [-0.2, 0) is 6.42 Å². The molecule has 1 saturated heterocycles. The van der Waals surface area contributed by atoms with E-state index in [4.69, 9.17) is 0 Å². The molecule has 0 saturated carbocycles. The van der Waals surface area contributed by atoms with Crippen LogP contribution < -0.4 is 0 Å². The lowest BCUT2D eigenvalue weighted by Gasteiger charge is -2.34. The highest BCUT2D eigenvalue weighted by Crippen LogP contribution is 2.10. The Bertz CT molecular complexity index is 631. The van der Waals surface area contributed by atoms with E-state index in [1.807, 2.05) is 30.0 Å². The third-order valence-corrected chi connectivity index (χ3v) is 4.38. The fourth-order valence-corrected chi connectivity index (χ4v) is 2.88. The van der Waals surface area contributed by atoms with E-state index >= 15 is 0 Å². The van der Waals surface area contributed by atoms with Crippen molar-refractivity contribution in [2.75, 3.05) is 32.7 Å². The minimum absolute atomic E-state index is 0.0974. The molecule has 3 rings (SSSR count). The summed E-state index contributed by atoms with van der Waals surface area (Å²) in [6, 6.07) is 14.3. The van der Waals surface area contributed by atoms with Crippen LogP contribution in [0, 0.1) is 6.92 Å². The Morgan fingerprint density at radius 2 is 1.78 bits per heavy atom. The molecule has 1 amide bonds. The zero-order chi connectivity index (χ0) is 16.1. The fourth-order valence-electron chi connectivity index (χ4n) is 2.88. The van der Waals surface area contributed by atoms with Crippen LogP contribution in [0.3, 0.4) is 0 Å². The lowest BCUT2D eigenvalue weighted by molar-refractivity contribution is 0.0638. The summed E-state index contributed by atoms with van der Waals surface area (Å²) in [6.45, 7) is 6.45. The molecule has 1 fully saturated rings. The molecule has 1 aliphatic rings. The van der Waals surface area contributed by atoms with Crippen molar-refractivity contribution in [1.82, 2.24) is 14.8 Å². The first-order valence-corrected chi connectivity index (χ1v) is 8.20. The Hall–Kier alpha value is -2.20. The van der Waals surface area contributed by atoms with Gasteiger partial charge in [0, 0.05) is 44.6 Å². The second kappa shape index (κ2) is 7.38. The van der Waals surface area contributed by atoms with E-state index in [9.17, 15) is 4.79 Å². The van der Waals surface area contributed by atoms with Gasteiger partial charge >= 0.3 is 0 Å². The van der Waals surface area contributed by atoms with Crippen LogP contribution in [0.25, 0.3) is 0 Å². The van der Waals surface area contributed by atoms with Gasteiger partial charge in [-0.3, -0.25) is 14.7 Å². The number of amides is 1. The van der Waals surface area contributed by atoms with Crippen molar-refractivity contribution in [1.29, 1.82) is 0 Å². The standard InChI is InChI=1S/C19H23N3O/c1-16-7-8-18(15-20-16)19(23)22-13-11-21(12-14-22)10-9-17-5-3-2-4-6-17/h2-8,15H,9-14H2,1H3. The van der Waals surface area contributed by atoms with Crippen molar-refractivity contribution in [2.24, 2.45) is 0 Å². The second-order valence-corrected chi connectivity index (χ2v) is 6.06. The minimum atomic E-state index is 0.0974. The summed E-state index contributed by atoms with van der Waals surface area (Å²) < 4.78 is 0. The van der Waals surface area contributed by atoms with E-state index in [0.717, 1.165) is 44.8 Å². The van der Waals surface area contributed by atoms with Gasteiger partial charge in [0.1, 0.15) is 0 Å². The summed E-state index contributed by atoms with van der Waals surface area (Å²) >= 11 is 0. The van der Waals surface area contributed by atoms with Gasteiger partial charge in [-0.2, -0.15) is 0 Å². The number of benzene rings is 1. The zero-order valence-corrected chi connectivity index (χ0v) is 13.6. The first-order valence-electron chi connectivity index (χ1n) is 8.20. The number of aromatic nitrogens is 1. The molecule has 0 N–H and O–H groups in total. The van der Waals surface area contributed by atoms with Crippen molar-refractivity contribution in [3.05, 3.63) is 65.5 Å². The summed E-state index contributed by atoms with van der Waals surface area (Å²) in [5.74, 6) is 0.0974. The van der Waals surface area contributed by atoms with Gasteiger partial charge in [-0.25, -0.2) is 0 Å². The minimum Gasteiger partial charge on any atom is -0.336 e. The van der Waals surface area contributed by atoms with Crippen LogP contribution >= 0.6 is 0 Å². The maximum atomic E-state index is 12.5. The third kappa shape index (κ3) is 4.17. The number of piperazine rings is 1. The van der Waals surface area contributed by atoms with Crippen molar-refractivity contribution < 1.29 is 4.79 Å². The van der Waals surface area contributed by atoms with E-state index in [1.54, 1.807) is 6.20 Å². The Labute approximate surface area is 137 Å². The van der Waals surface area contributed by atoms with E-state index in [1.165, 1.54) is 5.56 Å². The van der Waals surface area contributed by atoms with Crippen LogP contribution in [0.5, 0.6) is 0 Å². The van der Waals surface area contributed by atoms with Crippen LogP contribution in [0.4, 0.5) is 0 Å². The molecular weight excluding hydrogens is 286 g/mol. The molecule has 1 aromatic carbocycles. The van der Waals surface area contributed by atoms with Crippen LogP contribution in [0.15, 0.2) is 48.7 Å². The van der Waals surface area contributed by atoms with Gasteiger partial charge in [-0.05, 0) is 31.0 Å². The smallest absolute Gasteiger partial charge is 0.255 e. The first kappa shape index (κ1) is 15.7. The number of carbonyl (C=O) groups is 1. The van der Waals surface area contributed by atoms with E-state index < -0.39 is 0 Å². The fraction of sp³-hybridized carbons (Fsp3) is 0.368. The molecule has 0 unspecified atom stereocenters. The molecule has 0 aliphatic carbocycles. The SMILES string of the molecule is Cc1ccc(C(=O)N2CCN(CCc3ccccc3)CC2)cn1. The first-order chi connectivity index (χ1) is 11.2. The second-order valence-electron chi connectivity index (χ2n) is 6.06. The molecule has 23 heavy (non-hydrogen) atoms. The van der Waals surface area contributed by atoms with Gasteiger partial charge in [-0.15, -0.1) is 0 Å². The molecule has 4 heteroatoms. The van der Waals surface area contributed by atoms with Gasteiger partial charge < -0.3 is 4.90 Å². The van der Waals surface area contributed by atoms with Crippen LogP contribution in [0.2, 0.25) is 0 Å². The van der Waals surface area contributed by atoms with Crippen LogP contribution in [0.1, 0.15) is 21.6 Å². The number of hydrogen-bond donors (Lipinski definition) is 0. The maximum Gasteiger partial charge on any atom is 0.255 e. The highest BCUT2D eigenvalue weighted by atomic mass is 16.2. The number of pyridine rings is 1. The Balaban J connectivity index is 1.48. The lowest BCUT2D eigenvalue weighted by atomic mass is 10.1. The largest absolute Gasteiger partial charge is 0.336 e. The average Bonchev–Trinajstić information content (AvgIpc) is 2.61. The van der Waals surface area contributed by atoms with Crippen molar-refractivity contribution in [3.63, 3.8) is 0 Å². The Kier molecular flexibility index (Phi) is 5.03. The zero-order valence-electron chi connectivity index (χ0n) is 13.6. The molecule has 2 aromatic rings. The van der Waals surface area contributed by atoms with Crippen molar-refractivity contribution >= 4 is 5.91 Å². The third-order valence-electron chi connectivity index (χ3n) is 4.38. The molecule has 4 nitrogen and oxygen atoms in total. The van der Waals surface area contributed by atoms with Crippen LogP contribution in [-0.4, -0.2) is 53.4 Å². The van der Waals surface area contributed by atoms with Gasteiger partial charge in [0.2, 0.25) is 0 Å². The molecule has 0 bridgehead atoms. The molecule has 2 heterocycles. The highest BCUT2D eigenvalue weighted by molar-refractivity contribution is 5.94. The number of aryl methyl sites for hydroxylation is 1. The summed E-state index contributed by atoms with van der Waals surface area (Å²) in [5.41, 5.74) is 3.00. The summed E-state index contributed by atoms with van der Waals surface area (Å²) in [7, 11) is 0. The summed E-state index contributed by atoms with van der Waals surface area (Å²) in [4.78, 5) is 21.1. The predicted octanol–water partition coefficient (Wildman–Crippen LogP) is 2.39. The molecule has 1 aliphatic heterocycles. The predicted molar refractivity (Wildman–Crippen MR) is 91.5 cm³/mol. The van der Waals surface area contributed by atoms with Crippen molar-refractivity contribution in [3.8, 4) is 0 Å². The van der Waals surface area contributed by atoms with Gasteiger partial charge in [-0.1, -0.05) is 30.3 Å². The van der Waals surface area contributed by atoms with Gasteiger partial charge in [0.05, 0.1) is 5.56 Å². The number of hydrogen-bond acceptors (Lipinski definition) is 3. The number of rotatable bonds is 4. The quantitative estimate of drug-likeness (QED) is 0.870. The molecule has 1 aromatic heterocycles. The maximum absolute atomic E-state index is 12.5. The van der Waals surface area contributed by atoms with Gasteiger partial charge in [0.15, 0.2) is 0 Å². The number of carbonyl (C=O) groups excluding carboxylic acids is 1. The molecule has 0 radical (unpaired) electrons. The normalized spacial score (nSPS) is 15.6. The summed E-state index contributed by atoms with van der Waals surface area (Å²) in [6.07, 6.45) is 2.75. The highest BCUT2D eigenvalue weighted by Gasteiger charge is 2.21. The topological polar surface area (TPSA) is 36.4 Å². The van der Waals surface area contributed by atoms with E-state index in [-0.39, 0.29) is 5.91 Å². The molecular formula is C19H23N3O. The lowest BCUT2D eigenvalue weighted by Crippen LogP contribution is -2.49. The van der Waals surface area contributed by atoms with Gasteiger partial charge in [0.25, 0.3) is 5.91 Å². The van der Waals surface area contributed by atoms with E-state index in [2.05, 4.69) is 34.1 Å². The Morgan fingerprint density at radius 3 is 2.43 bits per heavy atom. The molecule has 0 atom stereocenters. The molecule has 0 spiro atoms. The van der Waals surface area contributed by atoms with E-state index in [0.29, 0.717) is 5.56 Å². The monoisotopic (exact) mass is 309 g/mol. The average molecular weight is 309 g/mol. The van der Waals surface area contributed by atoms with Crippen molar-refractivity contribution in [2.45, 2.75) is 13.3 Å². The molecule has 120 valence electrons. The summed E-state index contributed by atoms with van der Waals surface area (Å²) in [5, 5.41) is 0. The Morgan fingerprint density at radius 1 is 1.04 bits per heavy atom.